The molecule has 8 heteroatoms. The number of aromatic nitrogens is 2. The summed E-state index contributed by atoms with van der Waals surface area (Å²) < 4.78 is 5.52. The van der Waals surface area contributed by atoms with Crippen LogP contribution < -0.4 is 4.90 Å². The molecule has 1 unspecified atom stereocenters. The quantitative estimate of drug-likeness (QED) is 0.704. The first-order chi connectivity index (χ1) is 13.7. The number of fused-ring (bicyclic) bond motifs is 1. The minimum atomic E-state index is -0.382. The number of anilines is 1. The largest absolute Gasteiger partial charge is 0.380 e. The van der Waals surface area contributed by atoms with E-state index in [9.17, 15) is 9.59 Å². The molecule has 0 N–H and O–H groups in total. The Kier molecular flexibility index (Phi) is 5.75. The SMILES string of the molecule is CCC1CCCN1C(=O)C(=O)N1CCc2nnc(N3CCCOCC3)cc2C1. The van der Waals surface area contributed by atoms with Crippen LogP contribution >= 0.6 is 0 Å². The molecule has 0 aliphatic carbocycles. The Bertz CT molecular complexity index is 733. The predicted molar refractivity (Wildman–Crippen MR) is 104 cm³/mol. The average Bonchev–Trinajstić information content (AvgIpc) is 3.05. The Morgan fingerprint density at radius 1 is 1.11 bits per heavy atom. The van der Waals surface area contributed by atoms with Gasteiger partial charge in [0, 0.05) is 51.8 Å². The summed E-state index contributed by atoms with van der Waals surface area (Å²) in [5.74, 6) is 0.0997. The van der Waals surface area contributed by atoms with Gasteiger partial charge in [0.2, 0.25) is 0 Å². The second-order valence-corrected chi connectivity index (χ2v) is 7.81. The lowest BCUT2D eigenvalue weighted by Gasteiger charge is -2.31. The second kappa shape index (κ2) is 8.43. The molecule has 0 spiro atoms. The molecule has 0 radical (unpaired) electrons. The smallest absolute Gasteiger partial charge is 0.312 e. The minimum Gasteiger partial charge on any atom is -0.380 e. The molecule has 3 aliphatic heterocycles. The Morgan fingerprint density at radius 2 is 2.00 bits per heavy atom. The molecular formula is C20H29N5O3. The third kappa shape index (κ3) is 3.83. The third-order valence-corrected chi connectivity index (χ3v) is 6.05. The maximum absolute atomic E-state index is 12.9. The van der Waals surface area contributed by atoms with E-state index in [0.717, 1.165) is 62.5 Å². The van der Waals surface area contributed by atoms with Crippen molar-refractivity contribution in [3.8, 4) is 0 Å². The fourth-order valence-corrected chi connectivity index (χ4v) is 4.41. The Balaban J connectivity index is 1.46. The molecular weight excluding hydrogens is 358 g/mol. The van der Waals surface area contributed by atoms with E-state index in [0.29, 0.717) is 32.7 Å². The van der Waals surface area contributed by atoms with Gasteiger partial charge in [0.05, 0.1) is 12.3 Å². The summed E-state index contributed by atoms with van der Waals surface area (Å²) in [6.45, 7) is 6.86. The molecule has 0 aromatic carbocycles. The van der Waals surface area contributed by atoms with Gasteiger partial charge in [-0.1, -0.05) is 6.92 Å². The summed E-state index contributed by atoms with van der Waals surface area (Å²) in [6, 6.07) is 2.23. The standard InChI is InChI=1S/C20H29N5O3/c1-2-16-5-3-8-25(16)20(27)19(26)24-9-6-17-15(14-24)13-18(22-21-17)23-7-4-11-28-12-10-23/h13,16H,2-12,14H2,1H3. The fraction of sp³-hybridized carbons (Fsp3) is 0.700. The van der Waals surface area contributed by atoms with Crippen molar-refractivity contribution < 1.29 is 14.3 Å². The first kappa shape index (κ1) is 19.1. The molecule has 0 bridgehead atoms. The van der Waals surface area contributed by atoms with Crippen LogP contribution in [0.15, 0.2) is 6.07 Å². The lowest BCUT2D eigenvalue weighted by atomic mass is 10.1. The van der Waals surface area contributed by atoms with Crippen LogP contribution in [0.1, 0.15) is 43.9 Å². The summed E-state index contributed by atoms with van der Waals surface area (Å²) in [5, 5.41) is 8.79. The second-order valence-electron chi connectivity index (χ2n) is 7.81. The molecule has 8 nitrogen and oxygen atoms in total. The van der Waals surface area contributed by atoms with Crippen molar-refractivity contribution in [2.75, 3.05) is 44.3 Å². The topological polar surface area (TPSA) is 78.9 Å². The van der Waals surface area contributed by atoms with Crippen molar-refractivity contribution >= 4 is 17.6 Å². The molecule has 28 heavy (non-hydrogen) atoms. The zero-order chi connectivity index (χ0) is 19.5. The van der Waals surface area contributed by atoms with Gasteiger partial charge in [-0.05, 0) is 37.3 Å². The number of carbonyl (C=O) groups excluding carboxylic acids is 2. The maximum Gasteiger partial charge on any atom is 0.312 e. The van der Waals surface area contributed by atoms with Gasteiger partial charge < -0.3 is 19.4 Å². The first-order valence-electron chi connectivity index (χ1n) is 10.5. The average molecular weight is 387 g/mol. The number of carbonyl (C=O) groups is 2. The van der Waals surface area contributed by atoms with Crippen LogP contribution in [0.4, 0.5) is 5.82 Å². The van der Waals surface area contributed by atoms with Gasteiger partial charge in [-0.25, -0.2) is 0 Å². The monoisotopic (exact) mass is 387 g/mol. The molecule has 2 fully saturated rings. The van der Waals surface area contributed by atoms with Crippen molar-refractivity contribution in [2.24, 2.45) is 0 Å². The van der Waals surface area contributed by atoms with E-state index < -0.39 is 0 Å². The predicted octanol–water partition coefficient (Wildman–Crippen LogP) is 0.989. The molecule has 2 amide bonds. The minimum absolute atomic E-state index is 0.205. The summed E-state index contributed by atoms with van der Waals surface area (Å²) in [6.07, 6.45) is 4.49. The first-order valence-corrected chi connectivity index (χ1v) is 10.5. The molecule has 1 aromatic heterocycles. The van der Waals surface area contributed by atoms with E-state index in [1.54, 1.807) is 9.80 Å². The normalized spacial score (nSPS) is 22.8. The number of likely N-dealkylation sites (tertiary alicyclic amines) is 1. The number of amides is 2. The van der Waals surface area contributed by atoms with E-state index in [1.165, 1.54) is 0 Å². The van der Waals surface area contributed by atoms with Gasteiger partial charge in [-0.15, -0.1) is 5.10 Å². The van der Waals surface area contributed by atoms with Crippen molar-refractivity contribution in [3.63, 3.8) is 0 Å². The Morgan fingerprint density at radius 3 is 2.86 bits per heavy atom. The number of hydrogen-bond acceptors (Lipinski definition) is 6. The highest BCUT2D eigenvalue weighted by atomic mass is 16.5. The van der Waals surface area contributed by atoms with Gasteiger partial charge >= 0.3 is 11.8 Å². The van der Waals surface area contributed by atoms with E-state index in [2.05, 4.69) is 22.0 Å². The van der Waals surface area contributed by atoms with Crippen LogP contribution in [0.3, 0.4) is 0 Å². The van der Waals surface area contributed by atoms with Crippen LogP contribution in [-0.4, -0.2) is 77.2 Å². The lowest BCUT2D eigenvalue weighted by molar-refractivity contribution is -0.153. The van der Waals surface area contributed by atoms with E-state index >= 15 is 0 Å². The summed E-state index contributed by atoms with van der Waals surface area (Å²) in [4.78, 5) is 31.2. The van der Waals surface area contributed by atoms with Gasteiger partial charge in [0.15, 0.2) is 5.82 Å². The summed E-state index contributed by atoms with van der Waals surface area (Å²) in [5.41, 5.74) is 1.93. The number of rotatable bonds is 2. The summed E-state index contributed by atoms with van der Waals surface area (Å²) >= 11 is 0. The van der Waals surface area contributed by atoms with Gasteiger partial charge in [-0.2, -0.15) is 5.10 Å². The van der Waals surface area contributed by atoms with Crippen LogP contribution in [0.5, 0.6) is 0 Å². The van der Waals surface area contributed by atoms with E-state index in [-0.39, 0.29) is 17.9 Å². The van der Waals surface area contributed by atoms with Crippen molar-refractivity contribution in [2.45, 2.75) is 51.6 Å². The summed E-state index contributed by atoms with van der Waals surface area (Å²) in [7, 11) is 0. The Labute approximate surface area is 165 Å². The zero-order valence-corrected chi connectivity index (χ0v) is 16.6. The maximum atomic E-state index is 12.9. The third-order valence-electron chi connectivity index (χ3n) is 6.05. The highest BCUT2D eigenvalue weighted by Gasteiger charge is 2.35. The number of nitrogens with zero attached hydrogens (tertiary/aromatic N) is 5. The molecule has 0 saturated carbocycles. The van der Waals surface area contributed by atoms with Gasteiger partial charge in [0.25, 0.3) is 0 Å². The molecule has 4 heterocycles. The Hall–Kier alpha value is -2.22. The molecule has 152 valence electrons. The van der Waals surface area contributed by atoms with Gasteiger partial charge in [-0.3, -0.25) is 9.59 Å². The van der Waals surface area contributed by atoms with Crippen LogP contribution in [0.25, 0.3) is 0 Å². The van der Waals surface area contributed by atoms with Crippen molar-refractivity contribution in [1.29, 1.82) is 0 Å². The van der Waals surface area contributed by atoms with Crippen LogP contribution in [0.2, 0.25) is 0 Å². The molecule has 2 saturated heterocycles. The molecule has 3 aliphatic rings. The van der Waals surface area contributed by atoms with Crippen molar-refractivity contribution in [3.05, 3.63) is 17.3 Å². The van der Waals surface area contributed by atoms with Crippen molar-refractivity contribution in [1.82, 2.24) is 20.0 Å². The van der Waals surface area contributed by atoms with Gasteiger partial charge in [0.1, 0.15) is 0 Å². The number of hydrogen-bond donors (Lipinski definition) is 0. The number of ether oxygens (including phenoxy) is 1. The van der Waals surface area contributed by atoms with Crippen LogP contribution in [-0.2, 0) is 27.3 Å². The fourth-order valence-electron chi connectivity index (χ4n) is 4.41. The molecule has 4 rings (SSSR count). The van der Waals surface area contributed by atoms with E-state index in [1.807, 2.05) is 6.07 Å². The lowest BCUT2D eigenvalue weighted by Crippen LogP contribution is -2.48. The molecule has 1 aromatic rings. The highest BCUT2D eigenvalue weighted by Crippen LogP contribution is 2.24. The molecule has 1 atom stereocenters. The zero-order valence-electron chi connectivity index (χ0n) is 16.6. The highest BCUT2D eigenvalue weighted by molar-refractivity contribution is 6.35. The van der Waals surface area contributed by atoms with Crippen LogP contribution in [0, 0.1) is 0 Å². The van der Waals surface area contributed by atoms with E-state index in [4.69, 9.17) is 4.74 Å².